The molecule has 6 aliphatic rings. The monoisotopic (exact) mass is 366 g/mol. The fourth-order valence-corrected chi connectivity index (χ4v) is 8.19. The fourth-order valence-electron chi connectivity index (χ4n) is 8.19. The Morgan fingerprint density at radius 2 is 1.85 bits per heavy atom. The summed E-state index contributed by atoms with van der Waals surface area (Å²) < 4.78 is 6.05. The second-order valence-corrected chi connectivity index (χ2v) is 10.8. The van der Waals surface area contributed by atoms with E-state index in [0.717, 1.165) is 25.7 Å². The van der Waals surface area contributed by atoms with E-state index in [0.29, 0.717) is 35.9 Å². The average molecular weight is 367 g/mol. The maximum Gasteiger partial charge on any atom is 0.306 e. The summed E-state index contributed by atoms with van der Waals surface area (Å²) in [5, 5.41) is 0. The summed E-state index contributed by atoms with van der Waals surface area (Å²) in [4.78, 5) is 24.2. The van der Waals surface area contributed by atoms with E-state index >= 15 is 0 Å². The van der Waals surface area contributed by atoms with Crippen molar-refractivity contribution in [2.45, 2.75) is 83.7 Å². The summed E-state index contributed by atoms with van der Waals surface area (Å²) >= 11 is 0. The summed E-state index contributed by atoms with van der Waals surface area (Å²) in [6, 6.07) is 0. The van der Waals surface area contributed by atoms with E-state index in [-0.39, 0.29) is 22.4 Å². The highest BCUT2D eigenvalue weighted by Gasteiger charge is 2.68. The molecule has 3 heteroatoms. The Bertz CT molecular complexity index is 831. The summed E-state index contributed by atoms with van der Waals surface area (Å²) in [5.74, 6) is 1.58. The molecule has 0 aromatic carbocycles. The minimum absolute atomic E-state index is 0.0110. The maximum atomic E-state index is 12.2. The molecule has 0 bridgehead atoms. The quantitative estimate of drug-likeness (QED) is 0.452. The van der Waals surface area contributed by atoms with Crippen LogP contribution in [0.1, 0.15) is 78.1 Å². The Morgan fingerprint density at radius 3 is 2.56 bits per heavy atom. The Labute approximate surface area is 161 Å². The fraction of sp³-hybridized carbons (Fsp3) is 0.750. The molecule has 5 atom stereocenters. The standard InChI is InChI=1S/C24H30O3/c1-21-7-3-15(25)13-19(21)23(11-12-23)14-16-17(21)4-8-22(2)18(16)5-9-24(22)10-6-20(26)27-24/h4,13,16,18H,3,5-12,14H2,1-2H3. The van der Waals surface area contributed by atoms with Crippen LogP contribution in [-0.4, -0.2) is 17.4 Å². The molecule has 0 N–H and O–H groups in total. The van der Waals surface area contributed by atoms with Crippen molar-refractivity contribution < 1.29 is 14.3 Å². The first-order valence-corrected chi connectivity index (χ1v) is 11.0. The smallest absolute Gasteiger partial charge is 0.306 e. The molecule has 1 saturated heterocycles. The van der Waals surface area contributed by atoms with Crippen LogP contribution in [0, 0.1) is 28.1 Å². The lowest BCUT2D eigenvalue weighted by Gasteiger charge is -2.57. The normalized spacial score (nSPS) is 49.3. The highest BCUT2D eigenvalue weighted by atomic mass is 16.6. The largest absolute Gasteiger partial charge is 0.458 e. The van der Waals surface area contributed by atoms with Gasteiger partial charge in [-0.05, 0) is 74.7 Å². The van der Waals surface area contributed by atoms with Crippen LogP contribution >= 0.6 is 0 Å². The minimum atomic E-state index is -0.215. The first-order valence-electron chi connectivity index (χ1n) is 11.0. The molecule has 1 aliphatic heterocycles. The van der Waals surface area contributed by atoms with Gasteiger partial charge in [-0.1, -0.05) is 31.1 Å². The van der Waals surface area contributed by atoms with Gasteiger partial charge in [-0.2, -0.15) is 0 Å². The van der Waals surface area contributed by atoms with Crippen molar-refractivity contribution in [3.63, 3.8) is 0 Å². The molecular weight excluding hydrogens is 336 g/mol. The molecule has 2 spiro atoms. The predicted molar refractivity (Wildman–Crippen MR) is 102 cm³/mol. The molecule has 5 aliphatic carbocycles. The number of rotatable bonds is 0. The van der Waals surface area contributed by atoms with Gasteiger partial charge in [-0.3, -0.25) is 9.59 Å². The molecule has 4 fully saturated rings. The van der Waals surface area contributed by atoms with Gasteiger partial charge in [0.05, 0.1) is 0 Å². The second kappa shape index (κ2) is 4.78. The van der Waals surface area contributed by atoms with Crippen LogP contribution < -0.4 is 0 Å². The molecular formula is C24H30O3. The number of carbonyl (C=O) groups is 2. The van der Waals surface area contributed by atoms with Gasteiger partial charge < -0.3 is 4.74 Å². The van der Waals surface area contributed by atoms with Gasteiger partial charge in [-0.25, -0.2) is 0 Å². The minimum Gasteiger partial charge on any atom is -0.458 e. The highest BCUT2D eigenvalue weighted by molar-refractivity contribution is 5.92. The lowest BCUT2D eigenvalue weighted by atomic mass is 9.48. The zero-order valence-corrected chi connectivity index (χ0v) is 16.6. The topological polar surface area (TPSA) is 43.4 Å². The van der Waals surface area contributed by atoms with Crippen molar-refractivity contribution in [1.29, 1.82) is 0 Å². The molecule has 0 aromatic rings. The van der Waals surface area contributed by atoms with Crippen molar-refractivity contribution in [3.8, 4) is 0 Å². The van der Waals surface area contributed by atoms with E-state index in [1.807, 2.05) is 6.08 Å². The number of esters is 1. The van der Waals surface area contributed by atoms with E-state index in [4.69, 9.17) is 4.74 Å². The van der Waals surface area contributed by atoms with Crippen molar-refractivity contribution in [2.75, 3.05) is 0 Å². The first-order chi connectivity index (χ1) is 12.8. The second-order valence-electron chi connectivity index (χ2n) is 10.8. The van der Waals surface area contributed by atoms with Crippen LogP contribution in [0.15, 0.2) is 23.3 Å². The van der Waals surface area contributed by atoms with Gasteiger partial charge in [0, 0.05) is 23.7 Å². The van der Waals surface area contributed by atoms with Crippen LogP contribution in [0.4, 0.5) is 0 Å². The van der Waals surface area contributed by atoms with Gasteiger partial charge >= 0.3 is 5.97 Å². The van der Waals surface area contributed by atoms with Crippen LogP contribution in [0.25, 0.3) is 0 Å². The number of ketones is 1. The third-order valence-electron chi connectivity index (χ3n) is 9.84. The average Bonchev–Trinajstić information content (AvgIpc) is 3.19. The summed E-state index contributed by atoms with van der Waals surface area (Å²) in [5.41, 5.74) is 3.36. The number of hydrogen-bond acceptors (Lipinski definition) is 3. The molecule has 6 rings (SSSR count). The highest BCUT2D eigenvalue weighted by Crippen LogP contribution is 2.74. The molecule has 0 radical (unpaired) electrons. The summed E-state index contributed by atoms with van der Waals surface area (Å²) in [7, 11) is 0. The van der Waals surface area contributed by atoms with E-state index < -0.39 is 0 Å². The molecule has 3 nitrogen and oxygen atoms in total. The zero-order valence-electron chi connectivity index (χ0n) is 16.6. The Balaban J connectivity index is 1.46. The van der Waals surface area contributed by atoms with Crippen LogP contribution in [0.3, 0.4) is 0 Å². The third-order valence-corrected chi connectivity index (χ3v) is 9.84. The van der Waals surface area contributed by atoms with Crippen LogP contribution in [-0.2, 0) is 14.3 Å². The molecule has 0 aromatic heterocycles. The Morgan fingerprint density at radius 1 is 1.04 bits per heavy atom. The number of allylic oxidation sites excluding steroid dienone is 4. The molecule has 0 amide bonds. The van der Waals surface area contributed by atoms with Gasteiger partial charge in [0.15, 0.2) is 5.78 Å². The van der Waals surface area contributed by atoms with Crippen molar-refractivity contribution in [2.24, 2.45) is 28.1 Å². The maximum absolute atomic E-state index is 12.2. The van der Waals surface area contributed by atoms with E-state index in [1.54, 1.807) is 5.57 Å². The molecule has 27 heavy (non-hydrogen) atoms. The zero-order chi connectivity index (χ0) is 18.7. The van der Waals surface area contributed by atoms with E-state index in [2.05, 4.69) is 19.9 Å². The SMILES string of the molecule is CC12CCC(=O)C=C1C1(CC1)CC1C2=CCC2(C)C1CCC21CCC(=O)O1. The van der Waals surface area contributed by atoms with Crippen molar-refractivity contribution >= 4 is 11.8 Å². The van der Waals surface area contributed by atoms with Gasteiger partial charge in [0.25, 0.3) is 0 Å². The lowest BCUT2D eigenvalue weighted by Crippen LogP contribution is -2.52. The number of fused-ring (bicyclic) bond motifs is 7. The van der Waals surface area contributed by atoms with Gasteiger partial charge in [-0.15, -0.1) is 0 Å². The van der Waals surface area contributed by atoms with Crippen LogP contribution in [0.5, 0.6) is 0 Å². The Kier molecular flexibility index (Phi) is 2.93. The lowest BCUT2D eigenvalue weighted by molar-refractivity contribution is -0.160. The molecule has 3 saturated carbocycles. The van der Waals surface area contributed by atoms with Crippen LogP contribution in [0.2, 0.25) is 0 Å². The molecule has 144 valence electrons. The van der Waals surface area contributed by atoms with Gasteiger partial charge in [0.2, 0.25) is 0 Å². The summed E-state index contributed by atoms with van der Waals surface area (Å²) in [6.07, 6.45) is 14.8. The van der Waals surface area contributed by atoms with E-state index in [9.17, 15) is 9.59 Å². The van der Waals surface area contributed by atoms with E-state index in [1.165, 1.54) is 31.3 Å². The number of hydrogen-bond donors (Lipinski definition) is 0. The molecule has 5 unspecified atom stereocenters. The van der Waals surface area contributed by atoms with Crippen molar-refractivity contribution in [1.82, 2.24) is 0 Å². The number of carbonyl (C=O) groups excluding carboxylic acids is 2. The third kappa shape index (κ3) is 1.85. The Hall–Kier alpha value is -1.38. The van der Waals surface area contributed by atoms with Crippen molar-refractivity contribution in [3.05, 3.63) is 23.3 Å². The summed E-state index contributed by atoms with van der Waals surface area (Å²) in [6.45, 7) is 4.83. The van der Waals surface area contributed by atoms with Gasteiger partial charge in [0.1, 0.15) is 5.60 Å². The first kappa shape index (κ1) is 16.6. The molecule has 1 heterocycles. The predicted octanol–water partition coefficient (Wildman–Crippen LogP) is 4.90. The number of ether oxygens (including phenoxy) is 1.